The van der Waals surface area contributed by atoms with Gasteiger partial charge in [-0.15, -0.1) is 0 Å². The first-order chi connectivity index (χ1) is 10.7. The molecule has 0 bridgehead atoms. The minimum Gasteiger partial charge on any atom is -0.492 e. The van der Waals surface area contributed by atoms with Gasteiger partial charge in [0.25, 0.3) is 0 Å². The van der Waals surface area contributed by atoms with E-state index < -0.39 is 6.09 Å². The highest BCUT2D eigenvalue weighted by atomic mass is 16.5. The van der Waals surface area contributed by atoms with Crippen LogP contribution in [0.2, 0.25) is 0 Å². The van der Waals surface area contributed by atoms with Gasteiger partial charge in [0.2, 0.25) is 0 Å². The molecule has 1 aliphatic rings. The number of ether oxygens (including phenoxy) is 2. The Bertz CT molecular complexity index is 460. The van der Waals surface area contributed by atoms with Crippen LogP contribution < -0.4 is 10.1 Å². The molecule has 1 amide bonds. The molecule has 2 rings (SSSR count). The molecule has 2 atom stereocenters. The quantitative estimate of drug-likeness (QED) is 0.760. The minimum absolute atomic E-state index is 0.148. The van der Waals surface area contributed by atoms with Crippen molar-refractivity contribution in [1.29, 1.82) is 0 Å². The lowest BCUT2D eigenvalue weighted by Crippen LogP contribution is -2.28. The summed E-state index contributed by atoms with van der Waals surface area (Å²) in [6.07, 6.45) is 3.52. The van der Waals surface area contributed by atoms with Crippen LogP contribution in [0.15, 0.2) is 24.3 Å². The number of carbonyl (C=O) groups is 1. The number of amides is 1. The summed E-state index contributed by atoms with van der Waals surface area (Å²) in [4.78, 5) is 11.1. The van der Waals surface area contributed by atoms with Crippen LogP contribution in [-0.4, -0.2) is 37.1 Å². The van der Waals surface area contributed by atoms with Gasteiger partial charge in [0, 0.05) is 0 Å². The molecule has 5 heteroatoms. The summed E-state index contributed by atoms with van der Waals surface area (Å²) in [6.45, 7) is 2.94. The van der Waals surface area contributed by atoms with E-state index in [9.17, 15) is 9.90 Å². The second kappa shape index (κ2) is 8.63. The van der Waals surface area contributed by atoms with Gasteiger partial charge in [-0.1, -0.05) is 18.6 Å². The Morgan fingerprint density at radius 2 is 2.09 bits per heavy atom. The molecule has 0 spiro atoms. The third-order valence-electron chi connectivity index (χ3n) is 3.96. The lowest BCUT2D eigenvalue weighted by molar-refractivity contribution is 0.132. The van der Waals surface area contributed by atoms with Crippen molar-refractivity contribution < 1.29 is 19.4 Å². The molecule has 0 saturated heterocycles. The van der Waals surface area contributed by atoms with Crippen molar-refractivity contribution in [2.45, 2.75) is 38.7 Å². The van der Waals surface area contributed by atoms with Gasteiger partial charge in [-0.2, -0.15) is 0 Å². The number of hydrogen-bond acceptors (Lipinski definition) is 4. The van der Waals surface area contributed by atoms with Gasteiger partial charge in [0.05, 0.1) is 19.3 Å². The third kappa shape index (κ3) is 5.22. The monoisotopic (exact) mass is 307 g/mol. The Kier molecular flexibility index (Phi) is 6.52. The van der Waals surface area contributed by atoms with E-state index in [4.69, 9.17) is 9.47 Å². The van der Waals surface area contributed by atoms with Gasteiger partial charge in [-0.25, -0.2) is 4.79 Å². The highest BCUT2D eigenvalue weighted by Crippen LogP contribution is 2.29. The smallest absolute Gasteiger partial charge is 0.407 e. The van der Waals surface area contributed by atoms with Crippen LogP contribution in [-0.2, 0) is 11.2 Å². The van der Waals surface area contributed by atoms with Crippen LogP contribution in [0.25, 0.3) is 0 Å². The summed E-state index contributed by atoms with van der Waals surface area (Å²) < 4.78 is 10.3. The highest BCUT2D eigenvalue weighted by molar-refractivity contribution is 5.66. The Hall–Kier alpha value is -1.75. The highest BCUT2D eigenvalue weighted by Gasteiger charge is 2.24. The molecule has 0 radical (unpaired) electrons. The Labute approximate surface area is 131 Å². The van der Waals surface area contributed by atoms with Gasteiger partial charge < -0.3 is 19.9 Å². The summed E-state index contributed by atoms with van der Waals surface area (Å²) in [5.41, 5.74) is 1.22. The summed E-state index contributed by atoms with van der Waals surface area (Å²) in [5, 5.41) is 12.5. The fourth-order valence-electron chi connectivity index (χ4n) is 2.78. The SMILES string of the molecule is CCOC(=O)NCCOc1ccc(C[C@@H]2CCC[C@@H]2O)cc1. The van der Waals surface area contributed by atoms with Crippen LogP contribution in [0.5, 0.6) is 5.75 Å². The first kappa shape index (κ1) is 16.6. The van der Waals surface area contributed by atoms with Crippen LogP contribution in [0, 0.1) is 5.92 Å². The normalized spacial score (nSPS) is 20.6. The molecule has 5 nitrogen and oxygen atoms in total. The molecule has 1 aromatic rings. The van der Waals surface area contributed by atoms with E-state index in [0.717, 1.165) is 31.4 Å². The Morgan fingerprint density at radius 1 is 1.32 bits per heavy atom. The molecule has 22 heavy (non-hydrogen) atoms. The van der Waals surface area contributed by atoms with Crippen molar-refractivity contribution >= 4 is 6.09 Å². The number of benzene rings is 1. The van der Waals surface area contributed by atoms with Crippen molar-refractivity contribution in [1.82, 2.24) is 5.32 Å². The van der Waals surface area contributed by atoms with Crippen molar-refractivity contribution in [3.05, 3.63) is 29.8 Å². The maximum Gasteiger partial charge on any atom is 0.407 e. The first-order valence-electron chi connectivity index (χ1n) is 7.99. The van der Waals surface area contributed by atoms with E-state index >= 15 is 0 Å². The van der Waals surface area contributed by atoms with Crippen LogP contribution in [0.1, 0.15) is 31.7 Å². The van der Waals surface area contributed by atoms with Crippen LogP contribution >= 0.6 is 0 Å². The van der Waals surface area contributed by atoms with Gasteiger partial charge in [-0.3, -0.25) is 0 Å². The van der Waals surface area contributed by atoms with Crippen molar-refractivity contribution in [2.24, 2.45) is 5.92 Å². The molecule has 1 fully saturated rings. The molecule has 0 aliphatic heterocycles. The van der Waals surface area contributed by atoms with Crippen LogP contribution in [0.4, 0.5) is 4.79 Å². The molecule has 0 heterocycles. The van der Waals surface area contributed by atoms with E-state index in [1.807, 2.05) is 24.3 Å². The standard InChI is InChI=1S/C17H25NO4/c1-2-21-17(20)18-10-11-22-15-8-6-13(7-9-15)12-14-4-3-5-16(14)19/h6-9,14,16,19H,2-5,10-12H2,1H3,(H,18,20)/t14-,16-/m0/s1. The molecule has 122 valence electrons. The zero-order valence-corrected chi connectivity index (χ0v) is 13.1. The topological polar surface area (TPSA) is 67.8 Å². The number of aliphatic hydroxyl groups is 1. The fraction of sp³-hybridized carbons (Fsp3) is 0.588. The summed E-state index contributed by atoms with van der Waals surface area (Å²) in [7, 11) is 0. The minimum atomic E-state index is -0.420. The van der Waals surface area contributed by atoms with E-state index in [2.05, 4.69) is 5.32 Å². The lowest BCUT2D eigenvalue weighted by atomic mass is 9.96. The number of alkyl carbamates (subject to hydrolysis) is 1. The maximum atomic E-state index is 11.1. The van der Waals surface area contributed by atoms with Crippen LogP contribution in [0.3, 0.4) is 0 Å². The number of aliphatic hydroxyl groups excluding tert-OH is 1. The number of rotatable bonds is 7. The third-order valence-corrected chi connectivity index (χ3v) is 3.96. The first-order valence-corrected chi connectivity index (χ1v) is 7.99. The second-order valence-electron chi connectivity index (χ2n) is 5.60. The molecule has 0 aromatic heterocycles. The average molecular weight is 307 g/mol. The Morgan fingerprint density at radius 3 is 2.73 bits per heavy atom. The van der Waals surface area contributed by atoms with Gasteiger partial charge in [0.15, 0.2) is 0 Å². The summed E-state index contributed by atoms with van der Waals surface area (Å²) in [5.74, 6) is 1.17. The second-order valence-corrected chi connectivity index (χ2v) is 5.60. The number of carbonyl (C=O) groups excluding carboxylic acids is 1. The number of hydrogen-bond donors (Lipinski definition) is 2. The summed E-state index contributed by atoms with van der Waals surface area (Å²) >= 11 is 0. The van der Waals surface area contributed by atoms with Gasteiger partial charge >= 0.3 is 6.09 Å². The van der Waals surface area contributed by atoms with Crippen molar-refractivity contribution in [2.75, 3.05) is 19.8 Å². The maximum absolute atomic E-state index is 11.1. The molecule has 1 aliphatic carbocycles. The molecular weight excluding hydrogens is 282 g/mol. The van der Waals surface area contributed by atoms with Gasteiger partial charge in [0.1, 0.15) is 12.4 Å². The molecule has 1 aromatic carbocycles. The predicted octanol–water partition coefficient (Wildman–Crippen LogP) is 2.52. The van der Waals surface area contributed by atoms with E-state index in [1.54, 1.807) is 6.92 Å². The van der Waals surface area contributed by atoms with E-state index in [1.165, 1.54) is 5.56 Å². The zero-order valence-electron chi connectivity index (χ0n) is 13.1. The average Bonchev–Trinajstić information content (AvgIpc) is 2.91. The van der Waals surface area contributed by atoms with Crippen molar-refractivity contribution in [3.63, 3.8) is 0 Å². The molecule has 2 N–H and O–H groups in total. The largest absolute Gasteiger partial charge is 0.492 e. The van der Waals surface area contributed by atoms with Gasteiger partial charge in [-0.05, 0) is 49.8 Å². The molecular formula is C17H25NO4. The lowest BCUT2D eigenvalue weighted by Gasteiger charge is -2.14. The van der Waals surface area contributed by atoms with Crippen molar-refractivity contribution in [3.8, 4) is 5.75 Å². The molecule has 1 saturated carbocycles. The van der Waals surface area contributed by atoms with E-state index in [0.29, 0.717) is 25.7 Å². The van der Waals surface area contributed by atoms with E-state index in [-0.39, 0.29) is 6.10 Å². The zero-order chi connectivity index (χ0) is 15.8. The number of nitrogens with one attached hydrogen (secondary N) is 1. The Balaban J connectivity index is 1.69. The summed E-state index contributed by atoms with van der Waals surface area (Å²) in [6, 6.07) is 7.94. The fourth-order valence-corrected chi connectivity index (χ4v) is 2.78. The molecule has 0 unspecified atom stereocenters. The predicted molar refractivity (Wildman–Crippen MR) is 84.0 cm³/mol.